The number of sulfonamides is 1. The van der Waals surface area contributed by atoms with Crippen molar-refractivity contribution in [1.29, 1.82) is 0 Å². The van der Waals surface area contributed by atoms with E-state index < -0.39 is 10.0 Å². The van der Waals surface area contributed by atoms with Crippen molar-refractivity contribution in [2.75, 3.05) is 11.9 Å². The molecule has 0 fully saturated rings. The van der Waals surface area contributed by atoms with Gasteiger partial charge in [0.25, 0.3) is 15.9 Å². The second kappa shape index (κ2) is 7.72. The van der Waals surface area contributed by atoms with Gasteiger partial charge in [0.05, 0.1) is 16.2 Å². The standard InChI is InChI=1S/C24H20N2O3S/c1-17-12-14-19(15-13-17)30(28,29)25-16-21(18-8-4-3-5-9-18)23-20-10-6-7-11-22(20)26(2)24(23)27/h3-16H,1-2H3/b23-21+,25-16-. The number of hydrogen-bond donors (Lipinski definition) is 0. The highest BCUT2D eigenvalue weighted by Crippen LogP contribution is 2.39. The zero-order chi connectivity index (χ0) is 21.3. The fourth-order valence-electron chi connectivity index (χ4n) is 3.42. The number of rotatable bonds is 4. The van der Waals surface area contributed by atoms with E-state index in [1.54, 1.807) is 24.1 Å². The van der Waals surface area contributed by atoms with E-state index in [2.05, 4.69) is 4.40 Å². The fraction of sp³-hybridized carbons (Fsp3) is 0.0833. The van der Waals surface area contributed by atoms with Crippen LogP contribution in [0.5, 0.6) is 0 Å². The smallest absolute Gasteiger partial charge is 0.282 e. The Morgan fingerprint density at radius 2 is 1.53 bits per heavy atom. The fourth-order valence-corrected chi connectivity index (χ4v) is 4.27. The summed E-state index contributed by atoms with van der Waals surface area (Å²) in [5, 5.41) is 0. The molecule has 1 heterocycles. The van der Waals surface area contributed by atoms with Crippen molar-refractivity contribution in [3.63, 3.8) is 0 Å². The summed E-state index contributed by atoms with van der Waals surface area (Å²) < 4.78 is 29.5. The molecule has 0 saturated carbocycles. The summed E-state index contributed by atoms with van der Waals surface area (Å²) >= 11 is 0. The molecule has 0 N–H and O–H groups in total. The second-order valence-electron chi connectivity index (χ2n) is 7.06. The predicted molar refractivity (Wildman–Crippen MR) is 120 cm³/mol. The molecule has 0 aliphatic carbocycles. The van der Waals surface area contributed by atoms with E-state index in [-0.39, 0.29) is 10.8 Å². The summed E-state index contributed by atoms with van der Waals surface area (Å²) in [6, 6.07) is 23.2. The SMILES string of the molecule is Cc1ccc(S(=O)(=O)/N=C\C(=C2/C(=O)N(C)c3ccccc32)c2ccccc2)cc1. The maximum atomic E-state index is 13.1. The van der Waals surface area contributed by atoms with E-state index in [1.807, 2.05) is 61.5 Å². The molecule has 6 heteroatoms. The molecule has 4 rings (SSSR count). The Balaban J connectivity index is 1.89. The third-order valence-corrected chi connectivity index (χ3v) is 6.30. The van der Waals surface area contributed by atoms with Crippen LogP contribution in [-0.2, 0) is 14.8 Å². The molecule has 0 unspecified atom stereocenters. The van der Waals surface area contributed by atoms with Crippen LogP contribution in [0.1, 0.15) is 16.7 Å². The number of aryl methyl sites for hydroxylation is 1. The van der Waals surface area contributed by atoms with E-state index in [9.17, 15) is 13.2 Å². The molecule has 3 aromatic rings. The average Bonchev–Trinajstić information content (AvgIpc) is 3.00. The van der Waals surface area contributed by atoms with Gasteiger partial charge in [-0.25, -0.2) is 0 Å². The van der Waals surface area contributed by atoms with Crippen LogP contribution in [0.3, 0.4) is 0 Å². The van der Waals surface area contributed by atoms with Crippen LogP contribution < -0.4 is 4.90 Å². The summed E-state index contributed by atoms with van der Waals surface area (Å²) in [4.78, 5) is 14.7. The summed E-state index contributed by atoms with van der Waals surface area (Å²) in [6.45, 7) is 1.89. The molecule has 0 aromatic heterocycles. The van der Waals surface area contributed by atoms with Gasteiger partial charge >= 0.3 is 0 Å². The number of para-hydroxylation sites is 1. The molecule has 3 aromatic carbocycles. The summed E-state index contributed by atoms with van der Waals surface area (Å²) in [5.74, 6) is -0.200. The predicted octanol–water partition coefficient (Wildman–Crippen LogP) is 4.34. The number of anilines is 1. The molecule has 0 bridgehead atoms. The Kier molecular flexibility index (Phi) is 5.10. The molecule has 0 saturated heterocycles. The number of hydrogen-bond acceptors (Lipinski definition) is 3. The Labute approximate surface area is 176 Å². The number of carbonyl (C=O) groups excluding carboxylic acids is 1. The highest BCUT2D eigenvalue weighted by atomic mass is 32.2. The van der Waals surface area contributed by atoms with Gasteiger partial charge in [-0.05, 0) is 30.7 Å². The number of carbonyl (C=O) groups is 1. The molecule has 0 atom stereocenters. The number of benzene rings is 3. The molecule has 0 spiro atoms. The Bertz CT molecular complexity index is 1280. The highest BCUT2D eigenvalue weighted by molar-refractivity contribution is 7.90. The third kappa shape index (κ3) is 3.57. The van der Waals surface area contributed by atoms with Gasteiger partial charge in [-0.3, -0.25) is 4.79 Å². The van der Waals surface area contributed by atoms with E-state index in [0.29, 0.717) is 16.7 Å². The molecule has 30 heavy (non-hydrogen) atoms. The first-order valence-corrected chi connectivity index (χ1v) is 10.9. The van der Waals surface area contributed by atoms with Crippen LogP contribution in [0, 0.1) is 6.92 Å². The van der Waals surface area contributed by atoms with Gasteiger partial charge in [0.1, 0.15) is 0 Å². The topological polar surface area (TPSA) is 66.8 Å². The van der Waals surface area contributed by atoms with Crippen LogP contribution >= 0.6 is 0 Å². The quantitative estimate of drug-likeness (QED) is 0.469. The monoisotopic (exact) mass is 416 g/mol. The minimum atomic E-state index is -3.91. The van der Waals surface area contributed by atoms with Crippen molar-refractivity contribution in [3.8, 4) is 0 Å². The maximum Gasteiger partial charge on any atom is 0.282 e. The lowest BCUT2D eigenvalue weighted by Gasteiger charge is -2.09. The van der Waals surface area contributed by atoms with Gasteiger partial charge in [-0.15, -0.1) is 0 Å². The maximum absolute atomic E-state index is 13.1. The summed E-state index contributed by atoms with van der Waals surface area (Å²) in [7, 11) is -2.20. The van der Waals surface area contributed by atoms with Crippen molar-refractivity contribution in [3.05, 3.63) is 95.6 Å². The normalized spacial score (nSPS) is 15.5. The van der Waals surface area contributed by atoms with Gasteiger partial charge in [-0.2, -0.15) is 12.8 Å². The van der Waals surface area contributed by atoms with E-state index in [0.717, 1.165) is 16.8 Å². The van der Waals surface area contributed by atoms with Gasteiger partial charge < -0.3 is 4.90 Å². The minimum absolute atomic E-state index is 0.108. The van der Waals surface area contributed by atoms with Crippen LogP contribution in [-0.4, -0.2) is 27.6 Å². The van der Waals surface area contributed by atoms with Crippen molar-refractivity contribution < 1.29 is 13.2 Å². The molecule has 5 nitrogen and oxygen atoms in total. The average molecular weight is 417 g/mol. The molecule has 1 amide bonds. The van der Waals surface area contributed by atoms with Crippen LogP contribution in [0.25, 0.3) is 11.1 Å². The molecular formula is C24H20N2O3S. The minimum Gasteiger partial charge on any atom is -0.311 e. The molecule has 1 aliphatic rings. The summed E-state index contributed by atoms with van der Waals surface area (Å²) in [6.07, 6.45) is 1.29. The number of likely N-dealkylation sites (N-methyl/N-ethyl adjacent to an activating group) is 1. The zero-order valence-electron chi connectivity index (χ0n) is 16.6. The van der Waals surface area contributed by atoms with E-state index >= 15 is 0 Å². The van der Waals surface area contributed by atoms with Gasteiger partial charge in [0.2, 0.25) is 0 Å². The number of allylic oxidation sites excluding steroid dienone is 1. The molecule has 150 valence electrons. The highest BCUT2D eigenvalue weighted by Gasteiger charge is 2.32. The zero-order valence-corrected chi connectivity index (χ0v) is 17.4. The molecule has 0 radical (unpaired) electrons. The first kappa shape index (κ1) is 19.8. The Morgan fingerprint density at radius 3 is 2.23 bits per heavy atom. The Hall–Kier alpha value is -3.51. The van der Waals surface area contributed by atoms with Gasteiger partial charge in [0, 0.05) is 24.4 Å². The number of nitrogens with zero attached hydrogens (tertiary/aromatic N) is 2. The second-order valence-corrected chi connectivity index (χ2v) is 8.69. The summed E-state index contributed by atoms with van der Waals surface area (Å²) in [5.41, 5.74) is 4.11. The molecule has 1 aliphatic heterocycles. The van der Waals surface area contributed by atoms with Crippen LogP contribution in [0.4, 0.5) is 5.69 Å². The third-order valence-electron chi connectivity index (χ3n) is 5.05. The first-order valence-electron chi connectivity index (χ1n) is 9.42. The largest absolute Gasteiger partial charge is 0.311 e. The lowest BCUT2D eigenvalue weighted by Crippen LogP contribution is -2.21. The lowest BCUT2D eigenvalue weighted by atomic mass is 9.96. The molecular weight excluding hydrogens is 396 g/mol. The van der Waals surface area contributed by atoms with Crippen molar-refractivity contribution in [2.45, 2.75) is 11.8 Å². The number of amides is 1. The van der Waals surface area contributed by atoms with Crippen molar-refractivity contribution in [2.24, 2.45) is 4.40 Å². The van der Waals surface area contributed by atoms with E-state index in [4.69, 9.17) is 0 Å². The van der Waals surface area contributed by atoms with Crippen molar-refractivity contribution in [1.82, 2.24) is 0 Å². The number of fused-ring (bicyclic) bond motifs is 1. The van der Waals surface area contributed by atoms with Crippen LogP contribution in [0.15, 0.2) is 88.2 Å². The van der Waals surface area contributed by atoms with Crippen LogP contribution in [0.2, 0.25) is 0 Å². The van der Waals surface area contributed by atoms with Gasteiger partial charge in [-0.1, -0.05) is 66.2 Å². The van der Waals surface area contributed by atoms with E-state index in [1.165, 1.54) is 18.3 Å². The van der Waals surface area contributed by atoms with Gasteiger partial charge in [0.15, 0.2) is 0 Å². The van der Waals surface area contributed by atoms with Crippen molar-refractivity contribution >= 4 is 39.0 Å². The Morgan fingerprint density at radius 1 is 0.900 bits per heavy atom. The lowest BCUT2D eigenvalue weighted by molar-refractivity contribution is -0.112. The first-order chi connectivity index (χ1) is 14.4.